The Morgan fingerprint density at radius 2 is 1.28 bits per heavy atom. The average molecular weight is 540 g/mol. The van der Waals surface area contributed by atoms with Gasteiger partial charge in [-0.1, -0.05) is 6.92 Å². The lowest BCUT2D eigenvalue weighted by Crippen LogP contribution is -2.61. The summed E-state index contributed by atoms with van der Waals surface area (Å²) in [5, 5.41) is 0. The molecule has 4 fully saturated rings. The van der Waals surface area contributed by atoms with Gasteiger partial charge in [0.25, 0.3) is 0 Å². The van der Waals surface area contributed by atoms with E-state index in [1.54, 1.807) is 0 Å². The van der Waals surface area contributed by atoms with Gasteiger partial charge in [0.1, 0.15) is 6.61 Å². The normalized spacial score (nSPS) is 30.1. The Balaban J connectivity index is 1.57. The largest absolute Gasteiger partial charge is 0.465 e. The van der Waals surface area contributed by atoms with Gasteiger partial charge in [-0.15, -0.1) is 0 Å². The highest BCUT2D eigenvalue weighted by Crippen LogP contribution is 2.60. The molecule has 0 saturated heterocycles. The molecule has 0 aromatic carbocycles. The number of hydrogen-bond donors (Lipinski definition) is 0. The van der Waals surface area contributed by atoms with Crippen molar-refractivity contribution in [3.05, 3.63) is 0 Å². The van der Waals surface area contributed by atoms with Crippen LogP contribution in [0.1, 0.15) is 65.2 Å². The molecule has 4 rings (SSSR count). The molecule has 4 aliphatic rings. The third kappa shape index (κ3) is 4.91. The number of halogens is 9. The summed E-state index contributed by atoms with van der Waals surface area (Å²) in [5.41, 5.74) is -2.20. The Hall–Kier alpha value is -1.69. The molecule has 0 aromatic rings. The minimum Gasteiger partial charge on any atom is -0.465 e. The van der Waals surface area contributed by atoms with E-state index in [4.69, 9.17) is 4.74 Å². The first kappa shape index (κ1) is 28.9. The smallest absolute Gasteiger partial charge is 0.460 e. The van der Waals surface area contributed by atoms with Crippen molar-refractivity contribution in [2.45, 2.75) is 89.2 Å². The van der Waals surface area contributed by atoms with Gasteiger partial charge >= 0.3 is 35.9 Å². The lowest BCUT2D eigenvalue weighted by Gasteiger charge is -2.55. The number of alkyl halides is 9. The highest BCUT2D eigenvalue weighted by Gasteiger charge is 2.81. The first-order valence-electron chi connectivity index (χ1n) is 11.8. The fourth-order valence-electron chi connectivity index (χ4n) is 6.05. The predicted molar refractivity (Wildman–Crippen MR) is 106 cm³/mol. The molecular weight excluding hydrogens is 511 g/mol. The van der Waals surface area contributed by atoms with Gasteiger partial charge in [0.15, 0.2) is 0 Å². The quantitative estimate of drug-likeness (QED) is 0.233. The van der Waals surface area contributed by atoms with Crippen LogP contribution < -0.4 is 0 Å². The van der Waals surface area contributed by atoms with Crippen LogP contribution in [-0.4, -0.2) is 49.1 Å². The monoisotopic (exact) mass is 540 g/mol. The molecule has 4 aliphatic carbocycles. The second kappa shape index (κ2) is 9.25. The van der Waals surface area contributed by atoms with Gasteiger partial charge in [0, 0.05) is 0 Å². The molecule has 1 unspecified atom stereocenters. The number of carbonyl (C=O) groups excluding carboxylic acids is 2. The molecule has 0 spiro atoms. The first-order chi connectivity index (χ1) is 16.3. The van der Waals surface area contributed by atoms with Gasteiger partial charge in [0.05, 0.1) is 23.9 Å². The van der Waals surface area contributed by atoms with Crippen molar-refractivity contribution >= 4 is 11.9 Å². The Morgan fingerprint density at radius 3 is 1.69 bits per heavy atom. The topological polar surface area (TPSA) is 52.6 Å². The Labute approximate surface area is 202 Å². The molecule has 0 heterocycles. The maximum atomic E-state index is 13.7. The van der Waals surface area contributed by atoms with Crippen molar-refractivity contribution < 1.29 is 58.6 Å². The van der Waals surface area contributed by atoms with Crippen molar-refractivity contribution in [2.24, 2.45) is 28.6 Å². The zero-order valence-corrected chi connectivity index (χ0v) is 19.8. The minimum absolute atomic E-state index is 0.0152. The molecule has 13 heteroatoms. The minimum atomic E-state index is -7.00. The van der Waals surface area contributed by atoms with Crippen molar-refractivity contribution in [1.29, 1.82) is 0 Å². The molecule has 208 valence electrons. The lowest BCUT2D eigenvalue weighted by atomic mass is 9.49. The zero-order chi connectivity index (χ0) is 27.4. The molecule has 0 amide bonds. The second-order valence-corrected chi connectivity index (χ2v) is 10.9. The van der Waals surface area contributed by atoms with Crippen LogP contribution in [0.25, 0.3) is 0 Å². The zero-order valence-electron chi connectivity index (χ0n) is 19.8. The third-order valence-corrected chi connectivity index (χ3v) is 8.13. The van der Waals surface area contributed by atoms with E-state index < -0.39 is 66.3 Å². The van der Waals surface area contributed by atoms with Gasteiger partial charge in [-0.3, -0.25) is 9.59 Å². The molecule has 4 nitrogen and oxygen atoms in total. The summed E-state index contributed by atoms with van der Waals surface area (Å²) in [6, 6.07) is 0. The van der Waals surface area contributed by atoms with Crippen LogP contribution in [0.4, 0.5) is 39.5 Å². The van der Waals surface area contributed by atoms with Crippen LogP contribution in [-0.2, 0) is 19.1 Å². The van der Waals surface area contributed by atoms with Gasteiger partial charge in [-0.2, -0.15) is 39.5 Å². The standard InChI is InChI=1S/C23H29F9O4/c1-3-18(2,12-36-17(34)19-9-13-6-14(10-19)8-15(7-13)11-19)16(33)35-5-4-20(24,25)21(26,27)22(28,29)23(30,31)32/h13-15H,3-12H2,1-2H3. The summed E-state index contributed by atoms with van der Waals surface area (Å²) < 4.78 is 127. The molecule has 36 heavy (non-hydrogen) atoms. The summed E-state index contributed by atoms with van der Waals surface area (Å²) in [4.78, 5) is 25.5. The third-order valence-electron chi connectivity index (χ3n) is 8.13. The van der Waals surface area contributed by atoms with E-state index in [9.17, 15) is 49.1 Å². The molecule has 0 aromatic heterocycles. The van der Waals surface area contributed by atoms with Crippen LogP contribution in [0.2, 0.25) is 0 Å². The number of ether oxygens (including phenoxy) is 2. The number of carbonyl (C=O) groups is 2. The molecular formula is C23H29F9O4. The summed E-state index contributed by atoms with van der Waals surface area (Å²) in [6.45, 7) is 0.745. The van der Waals surface area contributed by atoms with Gasteiger partial charge in [-0.05, 0) is 69.6 Å². The number of rotatable bonds is 10. The number of esters is 2. The van der Waals surface area contributed by atoms with Gasteiger partial charge in [-0.25, -0.2) is 0 Å². The van der Waals surface area contributed by atoms with E-state index in [-0.39, 0.29) is 6.42 Å². The fraction of sp³-hybridized carbons (Fsp3) is 0.913. The van der Waals surface area contributed by atoms with Gasteiger partial charge < -0.3 is 9.47 Å². The fourth-order valence-corrected chi connectivity index (χ4v) is 6.05. The SMILES string of the molecule is CCC(C)(COC(=O)C12CC3CC(CC(C3)C1)C2)C(=O)OCCC(F)(F)C(F)(F)C(F)(F)C(F)(F)F. The van der Waals surface area contributed by atoms with E-state index in [0.717, 1.165) is 19.3 Å². The maximum Gasteiger partial charge on any atom is 0.460 e. The van der Waals surface area contributed by atoms with Crippen LogP contribution in [0, 0.1) is 28.6 Å². The van der Waals surface area contributed by atoms with Crippen molar-refractivity contribution in [1.82, 2.24) is 0 Å². The molecule has 4 bridgehead atoms. The van der Waals surface area contributed by atoms with Crippen LogP contribution in [0.5, 0.6) is 0 Å². The Kier molecular flexibility index (Phi) is 7.42. The van der Waals surface area contributed by atoms with E-state index in [2.05, 4.69) is 4.74 Å². The molecule has 0 radical (unpaired) electrons. The highest BCUT2D eigenvalue weighted by atomic mass is 19.4. The summed E-state index contributed by atoms with van der Waals surface area (Å²) >= 11 is 0. The van der Waals surface area contributed by atoms with E-state index >= 15 is 0 Å². The summed E-state index contributed by atoms with van der Waals surface area (Å²) in [7, 11) is 0. The van der Waals surface area contributed by atoms with Crippen molar-refractivity contribution in [3.63, 3.8) is 0 Å². The summed E-state index contributed by atoms with van der Waals surface area (Å²) in [5.74, 6) is -20.0. The van der Waals surface area contributed by atoms with E-state index in [1.165, 1.54) is 13.8 Å². The van der Waals surface area contributed by atoms with E-state index in [1.807, 2.05) is 0 Å². The lowest BCUT2D eigenvalue weighted by molar-refractivity contribution is -0.397. The average Bonchev–Trinajstić information content (AvgIpc) is 2.75. The second-order valence-electron chi connectivity index (χ2n) is 10.9. The summed E-state index contributed by atoms with van der Waals surface area (Å²) in [6.07, 6.45) is -3.91. The predicted octanol–water partition coefficient (Wildman–Crippen LogP) is 6.56. The Bertz CT molecular complexity index is 820. The van der Waals surface area contributed by atoms with Crippen molar-refractivity contribution in [2.75, 3.05) is 13.2 Å². The van der Waals surface area contributed by atoms with Crippen LogP contribution in [0.15, 0.2) is 0 Å². The molecule has 1 atom stereocenters. The van der Waals surface area contributed by atoms with Gasteiger partial charge in [0.2, 0.25) is 0 Å². The molecule has 4 saturated carbocycles. The number of hydrogen-bond acceptors (Lipinski definition) is 4. The molecule has 0 N–H and O–H groups in total. The van der Waals surface area contributed by atoms with E-state index in [0.29, 0.717) is 37.0 Å². The highest BCUT2D eigenvalue weighted by molar-refractivity contribution is 5.79. The maximum absolute atomic E-state index is 13.7. The molecule has 0 aliphatic heterocycles. The van der Waals surface area contributed by atoms with Crippen LogP contribution >= 0.6 is 0 Å². The van der Waals surface area contributed by atoms with Crippen LogP contribution in [0.3, 0.4) is 0 Å². The first-order valence-corrected chi connectivity index (χ1v) is 11.8. The van der Waals surface area contributed by atoms with Crippen molar-refractivity contribution in [3.8, 4) is 0 Å². The Morgan fingerprint density at radius 1 is 0.806 bits per heavy atom.